The number of amides is 2. The van der Waals surface area contributed by atoms with E-state index in [2.05, 4.69) is 5.32 Å². The summed E-state index contributed by atoms with van der Waals surface area (Å²) >= 11 is 12.2. The number of pyridine rings is 1. The predicted octanol–water partition coefficient (Wildman–Crippen LogP) is 4.16. The molecular formula is C25H21Cl2N3O4. The molecule has 2 atom stereocenters. The molecule has 2 aliphatic rings. The first kappa shape index (κ1) is 22.5. The highest BCUT2D eigenvalue weighted by Gasteiger charge is 2.37. The Kier molecular flexibility index (Phi) is 6.06. The van der Waals surface area contributed by atoms with E-state index in [-0.39, 0.29) is 34.8 Å². The van der Waals surface area contributed by atoms with Crippen LogP contribution in [0.25, 0.3) is 6.08 Å². The van der Waals surface area contributed by atoms with Crippen molar-refractivity contribution >= 4 is 41.1 Å². The minimum atomic E-state index is -0.529. The van der Waals surface area contributed by atoms with Gasteiger partial charge in [0.1, 0.15) is 5.70 Å². The van der Waals surface area contributed by atoms with Crippen LogP contribution in [0.4, 0.5) is 0 Å². The zero-order chi connectivity index (χ0) is 23.8. The summed E-state index contributed by atoms with van der Waals surface area (Å²) in [5.41, 5.74) is 1.64. The molecule has 2 bridgehead atoms. The number of furan rings is 1. The van der Waals surface area contributed by atoms with Crippen LogP contribution in [0.15, 0.2) is 69.7 Å². The fourth-order valence-corrected chi connectivity index (χ4v) is 5.05. The lowest BCUT2D eigenvalue weighted by molar-refractivity contribution is -0.130. The quantitative estimate of drug-likeness (QED) is 0.548. The highest BCUT2D eigenvalue weighted by molar-refractivity contribution is 6.42. The summed E-state index contributed by atoms with van der Waals surface area (Å²) in [6.45, 7) is 1.51. The molecule has 7 nitrogen and oxygen atoms in total. The molecule has 1 fully saturated rings. The Morgan fingerprint density at radius 1 is 1.03 bits per heavy atom. The van der Waals surface area contributed by atoms with Gasteiger partial charge in [-0.25, -0.2) is 0 Å². The van der Waals surface area contributed by atoms with Gasteiger partial charge in [-0.3, -0.25) is 14.4 Å². The van der Waals surface area contributed by atoms with E-state index in [0.29, 0.717) is 35.2 Å². The molecule has 0 unspecified atom stereocenters. The third kappa shape index (κ3) is 4.41. The SMILES string of the molecule is O=C(N/C(=C/c1ccc(Cl)c(Cl)c1)C(=O)N1C[C@H]2C[C@H](C1)c1cccc(=O)n1C2)c1ccco1. The lowest BCUT2D eigenvalue weighted by Gasteiger charge is -2.42. The number of benzene rings is 1. The van der Waals surface area contributed by atoms with Crippen molar-refractivity contribution in [2.75, 3.05) is 13.1 Å². The normalized spacial score (nSPS) is 19.5. The average molecular weight is 498 g/mol. The Morgan fingerprint density at radius 2 is 1.88 bits per heavy atom. The van der Waals surface area contributed by atoms with Crippen LogP contribution < -0.4 is 10.9 Å². The molecule has 34 heavy (non-hydrogen) atoms. The second-order valence-electron chi connectivity index (χ2n) is 8.57. The number of hydrogen-bond acceptors (Lipinski definition) is 4. The van der Waals surface area contributed by atoms with E-state index in [0.717, 1.165) is 12.1 Å². The van der Waals surface area contributed by atoms with Gasteiger partial charge in [0.25, 0.3) is 17.4 Å². The fourth-order valence-electron chi connectivity index (χ4n) is 4.74. The van der Waals surface area contributed by atoms with Crippen LogP contribution in [-0.2, 0) is 11.3 Å². The zero-order valence-electron chi connectivity index (χ0n) is 18.0. The summed E-state index contributed by atoms with van der Waals surface area (Å²) in [6, 6.07) is 13.4. The standard InChI is InChI=1S/C25H21Cl2N3O4/c26-18-7-6-15(10-19(18)27)11-20(28-24(32)22-4-2-8-34-22)25(33)29-12-16-9-17(14-29)21-3-1-5-23(31)30(21)13-16/h1-8,10-11,16-17H,9,12-14H2,(H,28,32)/b20-11+/t16-,17-/m1/s1. The number of likely N-dealkylation sites (tertiary alicyclic amines) is 1. The van der Waals surface area contributed by atoms with Gasteiger partial charge in [0.05, 0.1) is 16.3 Å². The Hall–Kier alpha value is -3.29. The van der Waals surface area contributed by atoms with Crippen molar-refractivity contribution in [1.82, 2.24) is 14.8 Å². The number of fused-ring (bicyclic) bond motifs is 4. The first-order chi connectivity index (χ1) is 16.4. The predicted molar refractivity (Wildman–Crippen MR) is 129 cm³/mol. The molecule has 0 spiro atoms. The number of nitrogens with zero attached hydrogens (tertiary/aromatic N) is 2. The van der Waals surface area contributed by atoms with Crippen molar-refractivity contribution in [1.29, 1.82) is 0 Å². The largest absolute Gasteiger partial charge is 0.459 e. The maximum atomic E-state index is 13.7. The molecule has 3 aromatic rings. The number of carbonyl (C=O) groups is 2. The van der Waals surface area contributed by atoms with E-state index in [9.17, 15) is 14.4 Å². The molecule has 1 saturated heterocycles. The van der Waals surface area contributed by atoms with Gasteiger partial charge >= 0.3 is 0 Å². The number of carbonyl (C=O) groups excluding carboxylic acids is 2. The van der Waals surface area contributed by atoms with E-state index in [1.165, 1.54) is 12.3 Å². The molecule has 2 aliphatic heterocycles. The summed E-state index contributed by atoms with van der Waals surface area (Å²) in [5, 5.41) is 3.43. The second-order valence-corrected chi connectivity index (χ2v) is 9.39. The summed E-state index contributed by atoms with van der Waals surface area (Å²) in [5.74, 6) is -0.539. The lowest BCUT2D eigenvalue weighted by Crippen LogP contribution is -2.50. The number of rotatable bonds is 4. The van der Waals surface area contributed by atoms with Crippen molar-refractivity contribution in [2.45, 2.75) is 18.9 Å². The molecule has 0 saturated carbocycles. The van der Waals surface area contributed by atoms with Gasteiger partial charge in [0.2, 0.25) is 0 Å². The monoisotopic (exact) mass is 497 g/mol. The van der Waals surface area contributed by atoms with Crippen LogP contribution in [0, 0.1) is 5.92 Å². The minimum absolute atomic E-state index is 0.0158. The maximum Gasteiger partial charge on any atom is 0.291 e. The van der Waals surface area contributed by atoms with E-state index < -0.39 is 5.91 Å². The van der Waals surface area contributed by atoms with Crippen molar-refractivity contribution in [3.05, 3.63) is 97.9 Å². The van der Waals surface area contributed by atoms with E-state index in [4.69, 9.17) is 27.6 Å². The zero-order valence-corrected chi connectivity index (χ0v) is 19.6. The summed E-state index contributed by atoms with van der Waals surface area (Å²) in [4.78, 5) is 40.4. The number of aromatic nitrogens is 1. The van der Waals surface area contributed by atoms with Crippen molar-refractivity contribution in [3.8, 4) is 0 Å². The maximum absolute atomic E-state index is 13.7. The van der Waals surface area contributed by atoms with Crippen molar-refractivity contribution in [2.24, 2.45) is 5.92 Å². The third-order valence-corrected chi connectivity index (χ3v) is 6.98. The third-order valence-electron chi connectivity index (χ3n) is 6.25. The topological polar surface area (TPSA) is 84.5 Å². The van der Waals surface area contributed by atoms with E-state index in [1.807, 2.05) is 10.6 Å². The van der Waals surface area contributed by atoms with Gasteiger partial charge in [-0.05, 0) is 54.3 Å². The first-order valence-corrected chi connectivity index (χ1v) is 11.7. The molecular weight excluding hydrogens is 477 g/mol. The van der Waals surface area contributed by atoms with Gasteiger partial charge in [0, 0.05) is 37.3 Å². The Bertz CT molecular complexity index is 1350. The summed E-state index contributed by atoms with van der Waals surface area (Å²) in [6.07, 6.45) is 3.89. The van der Waals surface area contributed by atoms with Crippen molar-refractivity contribution in [3.63, 3.8) is 0 Å². The molecule has 2 amide bonds. The Morgan fingerprint density at radius 3 is 2.65 bits per heavy atom. The van der Waals surface area contributed by atoms with Crippen LogP contribution in [-0.4, -0.2) is 34.4 Å². The van der Waals surface area contributed by atoms with E-state index >= 15 is 0 Å². The van der Waals surface area contributed by atoms with Gasteiger partial charge in [-0.15, -0.1) is 0 Å². The lowest BCUT2D eigenvalue weighted by atomic mass is 9.83. The van der Waals surface area contributed by atoms with Crippen LogP contribution in [0.2, 0.25) is 10.0 Å². The van der Waals surface area contributed by atoms with E-state index in [1.54, 1.807) is 47.4 Å². The number of halogens is 2. The van der Waals surface area contributed by atoms with Crippen molar-refractivity contribution < 1.29 is 14.0 Å². The molecule has 0 radical (unpaired) electrons. The fraction of sp³-hybridized carbons (Fsp3) is 0.240. The van der Waals surface area contributed by atoms with Crippen LogP contribution in [0.3, 0.4) is 0 Å². The number of hydrogen-bond donors (Lipinski definition) is 1. The minimum Gasteiger partial charge on any atom is -0.459 e. The summed E-state index contributed by atoms with van der Waals surface area (Å²) < 4.78 is 6.99. The highest BCUT2D eigenvalue weighted by atomic mass is 35.5. The summed E-state index contributed by atoms with van der Waals surface area (Å²) in [7, 11) is 0. The van der Waals surface area contributed by atoms with Gasteiger partial charge in [-0.2, -0.15) is 0 Å². The molecule has 5 rings (SSSR count). The van der Waals surface area contributed by atoms with Gasteiger partial charge < -0.3 is 19.2 Å². The molecule has 1 N–H and O–H groups in total. The molecule has 0 aliphatic carbocycles. The Labute approximate surface area is 205 Å². The first-order valence-electron chi connectivity index (χ1n) is 10.9. The van der Waals surface area contributed by atoms with Crippen LogP contribution in [0.5, 0.6) is 0 Å². The molecule has 2 aromatic heterocycles. The molecule has 4 heterocycles. The van der Waals surface area contributed by atoms with Gasteiger partial charge in [-0.1, -0.05) is 35.3 Å². The molecule has 9 heteroatoms. The Balaban J connectivity index is 1.45. The van der Waals surface area contributed by atoms with Gasteiger partial charge in [0.15, 0.2) is 5.76 Å². The van der Waals surface area contributed by atoms with Crippen LogP contribution in [0.1, 0.15) is 34.2 Å². The molecule has 1 aromatic carbocycles. The number of piperidine rings is 1. The smallest absolute Gasteiger partial charge is 0.291 e. The second kappa shape index (κ2) is 9.16. The average Bonchev–Trinajstić information content (AvgIpc) is 3.36. The highest BCUT2D eigenvalue weighted by Crippen LogP contribution is 2.35. The number of nitrogens with one attached hydrogen (secondary N) is 1. The van der Waals surface area contributed by atoms with Crippen LogP contribution >= 0.6 is 23.2 Å². The molecule has 174 valence electrons.